The lowest BCUT2D eigenvalue weighted by Crippen LogP contribution is -2.48. The fraction of sp³-hybridized carbons (Fsp3) is 0.889. The standard InChI is InChI=1S/C9H15NO2/c1-7-6-10-5-4-9(7)3-2-8(11)12-9/h7,10H,2-6H2,1H3. The molecule has 1 N–H and O–H groups in total. The molecule has 0 radical (unpaired) electrons. The van der Waals surface area contributed by atoms with Crippen molar-refractivity contribution in [3.63, 3.8) is 0 Å². The predicted octanol–water partition coefficient (Wildman–Crippen LogP) is 0.692. The van der Waals surface area contributed by atoms with E-state index >= 15 is 0 Å². The zero-order chi connectivity index (χ0) is 8.60. The number of rotatable bonds is 0. The maximum atomic E-state index is 11.0. The first-order chi connectivity index (χ1) is 5.73. The molecule has 12 heavy (non-hydrogen) atoms. The van der Waals surface area contributed by atoms with E-state index in [2.05, 4.69) is 12.2 Å². The molecule has 0 bridgehead atoms. The summed E-state index contributed by atoms with van der Waals surface area (Å²) >= 11 is 0. The molecule has 68 valence electrons. The molecule has 2 saturated heterocycles. The van der Waals surface area contributed by atoms with Gasteiger partial charge in [-0.25, -0.2) is 0 Å². The highest BCUT2D eigenvalue weighted by atomic mass is 16.6. The van der Waals surface area contributed by atoms with E-state index in [4.69, 9.17) is 4.74 Å². The summed E-state index contributed by atoms with van der Waals surface area (Å²) in [5.41, 5.74) is -0.109. The summed E-state index contributed by atoms with van der Waals surface area (Å²) in [7, 11) is 0. The minimum Gasteiger partial charge on any atom is -0.459 e. The van der Waals surface area contributed by atoms with Gasteiger partial charge < -0.3 is 10.1 Å². The minimum absolute atomic E-state index is 0.0104. The normalized spacial score (nSPS) is 41.8. The van der Waals surface area contributed by atoms with Crippen molar-refractivity contribution in [1.82, 2.24) is 5.32 Å². The van der Waals surface area contributed by atoms with Crippen molar-refractivity contribution in [2.45, 2.75) is 31.8 Å². The lowest BCUT2D eigenvalue weighted by Gasteiger charge is -2.38. The second-order valence-electron chi connectivity index (χ2n) is 3.89. The molecule has 0 saturated carbocycles. The Labute approximate surface area is 72.5 Å². The third-order valence-corrected chi connectivity index (χ3v) is 3.14. The van der Waals surface area contributed by atoms with E-state index in [0.29, 0.717) is 12.3 Å². The van der Waals surface area contributed by atoms with Gasteiger partial charge in [0.2, 0.25) is 0 Å². The second kappa shape index (κ2) is 2.73. The van der Waals surface area contributed by atoms with E-state index in [1.54, 1.807) is 0 Å². The summed E-state index contributed by atoms with van der Waals surface area (Å²) in [6.07, 6.45) is 2.53. The zero-order valence-electron chi connectivity index (χ0n) is 7.43. The average molecular weight is 169 g/mol. The Morgan fingerprint density at radius 1 is 1.58 bits per heavy atom. The topological polar surface area (TPSA) is 38.3 Å². The molecule has 0 amide bonds. The summed E-state index contributed by atoms with van der Waals surface area (Å²) in [6, 6.07) is 0. The highest BCUT2D eigenvalue weighted by molar-refractivity contribution is 5.72. The molecule has 2 heterocycles. The van der Waals surface area contributed by atoms with Crippen molar-refractivity contribution in [3.05, 3.63) is 0 Å². The molecule has 2 fully saturated rings. The zero-order valence-corrected chi connectivity index (χ0v) is 7.43. The quantitative estimate of drug-likeness (QED) is 0.542. The molecule has 2 aliphatic rings. The van der Waals surface area contributed by atoms with Crippen LogP contribution >= 0.6 is 0 Å². The maximum absolute atomic E-state index is 11.0. The number of piperidine rings is 1. The van der Waals surface area contributed by atoms with Crippen LogP contribution in [-0.2, 0) is 9.53 Å². The maximum Gasteiger partial charge on any atom is 0.306 e. The molecule has 0 aromatic heterocycles. The van der Waals surface area contributed by atoms with Gasteiger partial charge in [-0.15, -0.1) is 0 Å². The molecule has 3 nitrogen and oxygen atoms in total. The number of hydrogen-bond donors (Lipinski definition) is 1. The Hall–Kier alpha value is -0.570. The number of carbonyl (C=O) groups is 1. The van der Waals surface area contributed by atoms with Crippen LogP contribution in [0.2, 0.25) is 0 Å². The van der Waals surface area contributed by atoms with Gasteiger partial charge in [0, 0.05) is 25.3 Å². The van der Waals surface area contributed by atoms with Gasteiger partial charge in [-0.3, -0.25) is 4.79 Å². The largest absolute Gasteiger partial charge is 0.459 e. The Bertz CT molecular complexity index is 205. The van der Waals surface area contributed by atoms with Crippen molar-refractivity contribution >= 4 is 5.97 Å². The molecular weight excluding hydrogens is 154 g/mol. The smallest absolute Gasteiger partial charge is 0.306 e. The SMILES string of the molecule is CC1CNCCC12CCC(=O)O2. The van der Waals surface area contributed by atoms with Crippen molar-refractivity contribution in [2.24, 2.45) is 5.92 Å². The van der Waals surface area contributed by atoms with Gasteiger partial charge in [-0.2, -0.15) is 0 Å². The fourth-order valence-corrected chi connectivity index (χ4v) is 2.22. The Balaban J connectivity index is 2.12. The first-order valence-corrected chi connectivity index (χ1v) is 4.65. The first kappa shape index (κ1) is 8.05. The Morgan fingerprint density at radius 3 is 3.00 bits per heavy atom. The van der Waals surface area contributed by atoms with E-state index in [-0.39, 0.29) is 11.6 Å². The van der Waals surface area contributed by atoms with E-state index in [1.165, 1.54) is 0 Å². The molecule has 2 unspecified atom stereocenters. The molecule has 0 aromatic carbocycles. The molecular formula is C9H15NO2. The molecule has 2 aliphatic heterocycles. The number of hydrogen-bond acceptors (Lipinski definition) is 3. The van der Waals surface area contributed by atoms with Crippen LogP contribution in [0.5, 0.6) is 0 Å². The molecule has 2 rings (SSSR count). The van der Waals surface area contributed by atoms with Crippen LogP contribution in [0.3, 0.4) is 0 Å². The summed E-state index contributed by atoms with van der Waals surface area (Å²) < 4.78 is 5.42. The van der Waals surface area contributed by atoms with Crippen molar-refractivity contribution < 1.29 is 9.53 Å². The molecule has 0 aliphatic carbocycles. The van der Waals surface area contributed by atoms with E-state index in [1.807, 2.05) is 0 Å². The third kappa shape index (κ3) is 1.12. The summed E-state index contributed by atoms with van der Waals surface area (Å²) in [6.45, 7) is 4.12. The lowest BCUT2D eigenvalue weighted by molar-refractivity contribution is -0.154. The summed E-state index contributed by atoms with van der Waals surface area (Å²) in [5.74, 6) is 0.460. The van der Waals surface area contributed by atoms with Crippen LogP contribution in [0, 0.1) is 5.92 Å². The van der Waals surface area contributed by atoms with Crippen LogP contribution < -0.4 is 5.32 Å². The number of nitrogens with one attached hydrogen (secondary N) is 1. The van der Waals surface area contributed by atoms with Crippen LogP contribution in [0.4, 0.5) is 0 Å². The summed E-state index contributed by atoms with van der Waals surface area (Å²) in [4.78, 5) is 11.0. The van der Waals surface area contributed by atoms with E-state index in [0.717, 1.165) is 25.9 Å². The van der Waals surface area contributed by atoms with Gasteiger partial charge in [0.25, 0.3) is 0 Å². The highest BCUT2D eigenvalue weighted by Gasteiger charge is 2.45. The predicted molar refractivity (Wildman–Crippen MR) is 44.7 cm³/mol. The Morgan fingerprint density at radius 2 is 2.42 bits per heavy atom. The first-order valence-electron chi connectivity index (χ1n) is 4.65. The minimum atomic E-state index is -0.109. The van der Waals surface area contributed by atoms with Crippen molar-refractivity contribution in [2.75, 3.05) is 13.1 Å². The van der Waals surface area contributed by atoms with Gasteiger partial charge in [-0.1, -0.05) is 6.92 Å². The van der Waals surface area contributed by atoms with Gasteiger partial charge in [-0.05, 0) is 13.0 Å². The number of carbonyl (C=O) groups excluding carboxylic acids is 1. The molecule has 1 spiro atoms. The van der Waals surface area contributed by atoms with E-state index in [9.17, 15) is 4.79 Å². The number of ether oxygens (including phenoxy) is 1. The van der Waals surface area contributed by atoms with Gasteiger partial charge in [0.1, 0.15) is 5.60 Å². The summed E-state index contributed by atoms with van der Waals surface area (Å²) in [5, 5.41) is 3.31. The van der Waals surface area contributed by atoms with Gasteiger partial charge in [0.05, 0.1) is 0 Å². The fourth-order valence-electron chi connectivity index (χ4n) is 2.22. The van der Waals surface area contributed by atoms with Crippen molar-refractivity contribution in [1.29, 1.82) is 0 Å². The third-order valence-electron chi connectivity index (χ3n) is 3.14. The molecule has 0 aromatic rings. The van der Waals surface area contributed by atoms with Crippen LogP contribution in [-0.4, -0.2) is 24.7 Å². The monoisotopic (exact) mass is 169 g/mol. The Kier molecular flexibility index (Phi) is 1.83. The van der Waals surface area contributed by atoms with Gasteiger partial charge in [0.15, 0.2) is 0 Å². The molecule has 2 atom stereocenters. The number of esters is 1. The molecule has 3 heteroatoms. The lowest BCUT2D eigenvalue weighted by atomic mass is 9.81. The van der Waals surface area contributed by atoms with Crippen LogP contribution in [0.25, 0.3) is 0 Å². The average Bonchev–Trinajstić information content (AvgIpc) is 2.41. The second-order valence-corrected chi connectivity index (χ2v) is 3.89. The van der Waals surface area contributed by atoms with Gasteiger partial charge >= 0.3 is 5.97 Å². The highest BCUT2D eigenvalue weighted by Crippen LogP contribution is 2.37. The van der Waals surface area contributed by atoms with E-state index < -0.39 is 0 Å². The van der Waals surface area contributed by atoms with Crippen LogP contribution in [0.1, 0.15) is 26.2 Å². The van der Waals surface area contributed by atoms with Crippen molar-refractivity contribution in [3.8, 4) is 0 Å². The van der Waals surface area contributed by atoms with Crippen LogP contribution in [0.15, 0.2) is 0 Å².